The smallest absolute Gasteiger partial charge is 0.333 e. The second kappa shape index (κ2) is 29.7. The van der Waals surface area contributed by atoms with Crippen LogP contribution in [0.2, 0.25) is 0 Å². The molecule has 0 aliphatic heterocycles. The molecule has 0 bridgehead atoms. The standard InChI is InChI=1S/C38H74O2/c1-7-8-9-10-11-12-13-17-20-23-26-29-36(6)31-32-37(33-40-38(39)35(4)5)30-27-24-21-18-15-14-16-19-22-25-28-34(2)3/h34,36-37H,4,7-33H2,1-3,5-6H3. The molecule has 0 aliphatic rings. The molecule has 0 rings (SSSR count). The van der Waals surface area contributed by atoms with Crippen molar-refractivity contribution >= 4 is 5.97 Å². The Balaban J connectivity index is 3.94. The van der Waals surface area contributed by atoms with Crippen LogP contribution < -0.4 is 0 Å². The van der Waals surface area contributed by atoms with E-state index in [0.717, 1.165) is 11.8 Å². The van der Waals surface area contributed by atoms with E-state index in [-0.39, 0.29) is 5.97 Å². The topological polar surface area (TPSA) is 26.3 Å². The van der Waals surface area contributed by atoms with Gasteiger partial charge in [0, 0.05) is 5.57 Å². The third-order valence-electron chi connectivity index (χ3n) is 8.81. The summed E-state index contributed by atoms with van der Waals surface area (Å²) in [5, 5.41) is 0. The van der Waals surface area contributed by atoms with Crippen molar-refractivity contribution in [2.75, 3.05) is 6.61 Å². The lowest BCUT2D eigenvalue weighted by Crippen LogP contribution is -2.16. The molecule has 2 nitrogen and oxygen atoms in total. The van der Waals surface area contributed by atoms with Gasteiger partial charge in [0.25, 0.3) is 0 Å². The molecule has 2 unspecified atom stereocenters. The number of ether oxygens (including phenoxy) is 1. The Morgan fingerprint density at radius 3 is 1.38 bits per heavy atom. The first-order valence-electron chi connectivity index (χ1n) is 18.2. The predicted molar refractivity (Wildman–Crippen MR) is 179 cm³/mol. The fourth-order valence-corrected chi connectivity index (χ4v) is 5.85. The van der Waals surface area contributed by atoms with Gasteiger partial charge >= 0.3 is 5.97 Å². The van der Waals surface area contributed by atoms with Crippen LogP contribution in [0.25, 0.3) is 0 Å². The monoisotopic (exact) mass is 563 g/mol. The Morgan fingerprint density at radius 2 is 0.950 bits per heavy atom. The summed E-state index contributed by atoms with van der Waals surface area (Å²) >= 11 is 0. The maximum Gasteiger partial charge on any atom is 0.333 e. The second-order valence-corrected chi connectivity index (χ2v) is 13.8. The van der Waals surface area contributed by atoms with Crippen LogP contribution in [0.5, 0.6) is 0 Å². The van der Waals surface area contributed by atoms with Crippen molar-refractivity contribution in [3.63, 3.8) is 0 Å². The summed E-state index contributed by atoms with van der Waals surface area (Å²) in [6.07, 6.45) is 35.8. The van der Waals surface area contributed by atoms with E-state index < -0.39 is 0 Å². The number of hydrogen-bond acceptors (Lipinski definition) is 2. The molecule has 0 fully saturated rings. The molecule has 0 aromatic rings. The van der Waals surface area contributed by atoms with E-state index in [0.29, 0.717) is 18.1 Å². The van der Waals surface area contributed by atoms with E-state index in [1.807, 2.05) is 0 Å². The van der Waals surface area contributed by atoms with E-state index in [4.69, 9.17) is 4.74 Å². The normalized spacial score (nSPS) is 13.1. The molecule has 2 atom stereocenters. The van der Waals surface area contributed by atoms with E-state index in [1.165, 1.54) is 167 Å². The minimum absolute atomic E-state index is 0.219. The highest BCUT2D eigenvalue weighted by Gasteiger charge is 2.14. The van der Waals surface area contributed by atoms with Gasteiger partial charge in [-0.1, -0.05) is 188 Å². The molecule has 0 aromatic carbocycles. The van der Waals surface area contributed by atoms with Crippen LogP contribution in [0.15, 0.2) is 12.2 Å². The molecule has 0 amide bonds. The van der Waals surface area contributed by atoms with Gasteiger partial charge in [0.2, 0.25) is 0 Å². The highest BCUT2D eigenvalue weighted by atomic mass is 16.5. The van der Waals surface area contributed by atoms with Crippen LogP contribution in [0, 0.1) is 17.8 Å². The van der Waals surface area contributed by atoms with Gasteiger partial charge in [-0.25, -0.2) is 4.79 Å². The summed E-state index contributed by atoms with van der Waals surface area (Å²) in [7, 11) is 0. The molecule has 0 aliphatic carbocycles. The van der Waals surface area contributed by atoms with Crippen molar-refractivity contribution in [2.24, 2.45) is 17.8 Å². The van der Waals surface area contributed by atoms with Crippen molar-refractivity contribution < 1.29 is 9.53 Å². The third-order valence-corrected chi connectivity index (χ3v) is 8.81. The lowest BCUT2D eigenvalue weighted by molar-refractivity contribution is -0.140. The number of unbranched alkanes of at least 4 members (excludes halogenated alkanes) is 19. The highest BCUT2D eigenvalue weighted by Crippen LogP contribution is 2.24. The van der Waals surface area contributed by atoms with Crippen LogP contribution in [0.1, 0.15) is 202 Å². The van der Waals surface area contributed by atoms with Gasteiger partial charge < -0.3 is 4.74 Å². The summed E-state index contributed by atoms with van der Waals surface area (Å²) in [6, 6.07) is 0. The maximum atomic E-state index is 12.0. The fraction of sp³-hybridized carbons (Fsp3) is 0.921. The summed E-state index contributed by atoms with van der Waals surface area (Å²) in [4.78, 5) is 12.0. The Hall–Kier alpha value is -0.790. The van der Waals surface area contributed by atoms with Gasteiger partial charge in [-0.2, -0.15) is 0 Å². The zero-order chi connectivity index (χ0) is 29.7. The first-order chi connectivity index (χ1) is 19.4. The van der Waals surface area contributed by atoms with Crippen molar-refractivity contribution in [2.45, 2.75) is 202 Å². The van der Waals surface area contributed by atoms with Gasteiger partial charge in [-0.05, 0) is 37.5 Å². The van der Waals surface area contributed by atoms with Crippen molar-refractivity contribution in [1.29, 1.82) is 0 Å². The number of hydrogen-bond donors (Lipinski definition) is 0. The lowest BCUT2D eigenvalue weighted by Gasteiger charge is -2.19. The summed E-state index contributed by atoms with van der Waals surface area (Å²) in [6.45, 7) is 15.5. The average molecular weight is 563 g/mol. The second-order valence-electron chi connectivity index (χ2n) is 13.8. The minimum atomic E-state index is -0.219. The van der Waals surface area contributed by atoms with Crippen LogP contribution in [0.3, 0.4) is 0 Å². The predicted octanol–water partition coefficient (Wildman–Crippen LogP) is 13.2. The zero-order valence-electron chi connectivity index (χ0n) is 28.3. The van der Waals surface area contributed by atoms with E-state index in [2.05, 4.69) is 34.3 Å². The molecular weight excluding hydrogens is 488 g/mol. The van der Waals surface area contributed by atoms with Gasteiger partial charge in [0.05, 0.1) is 6.61 Å². The van der Waals surface area contributed by atoms with Gasteiger partial charge in [-0.15, -0.1) is 0 Å². The summed E-state index contributed by atoms with van der Waals surface area (Å²) in [5.41, 5.74) is 0.517. The van der Waals surface area contributed by atoms with Gasteiger partial charge in [-0.3, -0.25) is 0 Å². The van der Waals surface area contributed by atoms with E-state index in [9.17, 15) is 4.79 Å². The van der Waals surface area contributed by atoms with E-state index in [1.54, 1.807) is 6.92 Å². The molecule has 0 N–H and O–H groups in total. The molecule has 40 heavy (non-hydrogen) atoms. The first kappa shape index (κ1) is 39.2. The quantitative estimate of drug-likeness (QED) is 0.0477. The van der Waals surface area contributed by atoms with Crippen LogP contribution >= 0.6 is 0 Å². The number of rotatable bonds is 31. The fourth-order valence-electron chi connectivity index (χ4n) is 5.85. The van der Waals surface area contributed by atoms with Crippen molar-refractivity contribution in [1.82, 2.24) is 0 Å². The van der Waals surface area contributed by atoms with Gasteiger partial charge in [0.1, 0.15) is 0 Å². The Labute approximate surface area is 253 Å². The Morgan fingerprint density at radius 1 is 0.550 bits per heavy atom. The summed E-state index contributed by atoms with van der Waals surface area (Å²) in [5.74, 6) is 1.93. The zero-order valence-corrected chi connectivity index (χ0v) is 28.3. The van der Waals surface area contributed by atoms with Crippen LogP contribution in [-0.2, 0) is 9.53 Å². The molecule has 0 heterocycles. The number of carbonyl (C=O) groups is 1. The average Bonchev–Trinajstić information content (AvgIpc) is 2.92. The summed E-state index contributed by atoms with van der Waals surface area (Å²) < 4.78 is 5.60. The lowest BCUT2D eigenvalue weighted by atomic mass is 9.90. The Bertz CT molecular complexity index is 552. The largest absolute Gasteiger partial charge is 0.462 e. The number of esters is 1. The van der Waals surface area contributed by atoms with E-state index >= 15 is 0 Å². The molecule has 238 valence electrons. The van der Waals surface area contributed by atoms with Crippen molar-refractivity contribution in [3.8, 4) is 0 Å². The maximum absolute atomic E-state index is 12.0. The highest BCUT2D eigenvalue weighted by molar-refractivity contribution is 5.86. The Kier molecular flexibility index (Phi) is 29.1. The molecule has 0 radical (unpaired) electrons. The molecule has 0 saturated heterocycles. The molecule has 2 heteroatoms. The first-order valence-corrected chi connectivity index (χ1v) is 18.2. The van der Waals surface area contributed by atoms with Gasteiger partial charge in [0.15, 0.2) is 0 Å². The number of carbonyl (C=O) groups excluding carboxylic acids is 1. The molecule has 0 saturated carbocycles. The van der Waals surface area contributed by atoms with Crippen LogP contribution in [-0.4, -0.2) is 12.6 Å². The third kappa shape index (κ3) is 28.7. The SMILES string of the molecule is C=C(C)C(=O)OCC(CCCCCCCCCCCCC(C)C)CCC(C)CCCCCCCCCCCCC. The minimum Gasteiger partial charge on any atom is -0.462 e. The molecular formula is C38H74O2. The van der Waals surface area contributed by atoms with Crippen molar-refractivity contribution in [3.05, 3.63) is 12.2 Å². The molecule has 0 aromatic heterocycles. The molecule has 0 spiro atoms. The van der Waals surface area contributed by atoms with Crippen LogP contribution in [0.4, 0.5) is 0 Å².